The lowest BCUT2D eigenvalue weighted by Gasteiger charge is -2.10. The lowest BCUT2D eigenvalue weighted by atomic mass is 10.1. The molecule has 1 aromatic carbocycles. The van der Waals surface area contributed by atoms with E-state index < -0.39 is 0 Å². The molecule has 0 spiro atoms. The summed E-state index contributed by atoms with van der Waals surface area (Å²) in [7, 11) is 1.58. The van der Waals surface area contributed by atoms with Crippen LogP contribution in [-0.4, -0.2) is 18.0 Å². The Balaban J connectivity index is 2.09. The Morgan fingerprint density at radius 3 is 2.85 bits per heavy atom. The molecule has 0 aliphatic heterocycles. The van der Waals surface area contributed by atoms with Gasteiger partial charge in [-0.1, -0.05) is 6.07 Å². The maximum atomic E-state index is 12.0. The molecule has 3 N–H and O–H groups in total. The maximum absolute atomic E-state index is 12.0. The number of amides is 1. The molecule has 0 aliphatic rings. The van der Waals surface area contributed by atoms with Gasteiger partial charge in [0.25, 0.3) is 5.91 Å². The second-order valence-corrected chi connectivity index (χ2v) is 4.42. The summed E-state index contributed by atoms with van der Waals surface area (Å²) in [6, 6.07) is 10.6. The summed E-state index contributed by atoms with van der Waals surface area (Å²) in [5.74, 6) is 0.467. The van der Waals surface area contributed by atoms with Crippen molar-refractivity contribution < 1.29 is 9.53 Å². The minimum atomic E-state index is -0.224. The minimum Gasteiger partial charge on any atom is -0.496 e. The van der Waals surface area contributed by atoms with Crippen LogP contribution < -0.4 is 15.8 Å². The predicted molar refractivity (Wildman–Crippen MR) is 77.6 cm³/mol. The average Bonchev–Trinajstić information content (AvgIpc) is 2.45. The van der Waals surface area contributed by atoms with Crippen molar-refractivity contribution in [3.8, 4) is 5.75 Å². The summed E-state index contributed by atoms with van der Waals surface area (Å²) >= 11 is 0. The molecule has 0 bridgehead atoms. The van der Waals surface area contributed by atoms with Crippen molar-refractivity contribution in [1.82, 2.24) is 10.3 Å². The molecule has 2 aromatic rings. The van der Waals surface area contributed by atoms with Crippen LogP contribution in [0.25, 0.3) is 0 Å². The molecule has 1 amide bonds. The number of benzene rings is 1. The number of hydrogen-bond acceptors (Lipinski definition) is 4. The van der Waals surface area contributed by atoms with Gasteiger partial charge in [0.15, 0.2) is 0 Å². The molecule has 0 saturated heterocycles. The number of aromatic nitrogens is 1. The number of nitrogens with one attached hydrogen (secondary N) is 1. The van der Waals surface area contributed by atoms with Crippen molar-refractivity contribution in [2.24, 2.45) is 0 Å². The van der Waals surface area contributed by atoms with Crippen LogP contribution in [0.3, 0.4) is 0 Å². The highest BCUT2D eigenvalue weighted by Crippen LogP contribution is 2.20. The molecule has 5 nitrogen and oxygen atoms in total. The van der Waals surface area contributed by atoms with Gasteiger partial charge in [-0.05, 0) is 37.3 Å². The van der Waals surface area contributed by atoms with Gasteiger partial charge in [-0.3, -0.25) is 4.79 Å². The Morgan fingerprint density at radius 1 is 1.35 bits per heavy atom. The number of aryl methyl sites for hydroxylation is 1. The van der Waals surface area contributed by atoms with Crippen LogP contribution in [0.5, 0.6) is 5.75 Å². The zero-order valence-corrected chi connectivity index (χ0v) is 11.5. The first kappa shape index (κ1) is 13.9. The molecule has 2 rings (SSSR count). The van der Waals surface area contributed by atoms with Crippen molar-refractivity contribution in [2.75, 3.05) is 12.8 Å². The van der Waals surface area contributed by atoms with E-state index in [1.807, 2.05) is 13.0 Å². The van der Waals surface area contributed by atoms with E-state index in [9.17, 15) is 4.79 Å². The first-order chi connectivity index (χ1) is 9.60. The second kappa shape index (κ2) is 6.06. The fourth-order valence-electron chi connectivity index (χ4n) is 1.87. The smallest absolute Gasteiger partial charge is 0.270 e. The lowest BCUT2D eigenvalue weighted by Crippen LogP contribution is -2.24. The number of carbonyl (C=O) groups is 1. The number of methoxy groups -OCH3 is 1. The van der Waals surface area contributed by atoms with Crippen molar-refractivity contribution >= 4 is 11.6 Å². The SMILES string of the molecule is COc1ccc(N)cc1CNC(=O)c1cccc(C)n1. The quantitative estimate of drug-likeness (QED) is 0.833. The van der Waals surface area contributed by atoms with Crippen LogP contribution in [0.2, 0.25) is 0 Å². The predicted octanol–water partition coefficient (Wildman–Crippen LogP) is 1.91. The van der Waals surface area contributed by atoms with E-state index in [1.54, 1.807) is 37.4 Å². The molecule has 1 aromatic heterocycles. The second-order valence-electron chi connectivity index (χ2n) is 4.42. The highest BCUT2D eigenvalue weighted by atomic mass is 16.5. The van der Waals surface area contributed by atoms with Gasteiger partial charge in [-0.15, -0.1) is 0 Å². The van der Waals surface area contributed by atoms with Crippen LogP contribution in [-0.2, 0) is 6.54 Å². The van der Waals surface area contributed by atoms with Crippen molar-refractivity contribution in [1.29, 1.82) is 0 Å². The van der Waals surface area contributed by atoms with Crippen LogP contribution >= 0.6 is 0 Å². The topological polar surface area (TPSA) is 77.2 Å². The van der Waals surface area contributed by atoms with E-state index in [-0.39, 0.29) is 5.91 Å². The molecule has 0 atom stereocenters. The monoisotopic (exact) mass is 271 g/mol. The number of nitrogen functional groups attached to an aromatic ring is 1. The van der Waals surface area contributed by atoms with Gasteiger partial charge in [-0.2, -0.15) is 0 Å². The molecule has 1 heterocycles. The van der Waals surface area contributed by atoms with Gasteiger partial charge < -0.3 is 15.8 Å². The van der Waals surface area contributed by atoms with Gasteiger partial charge in [0.2, 0.25) is 0 Å². The van der Waals surface area contributed by atoms with Gasteiger partial charge in [0, 0.05) is 23.5 Å². The number of anilines is 1. The zero-order chi connectivity index (χ0) is 14.5. The summed E-state index contributed by atoms with van der Waals surface area (Å²) in [5.41, 5.74) is 8.40. The molecule has 0 unspecified atom stereocenters. The highest BCUT2D eigenvalue weighted by molar-refractivity contribution is 5.92. The molecular formula is C15H17N3O2. The fourth-order valence-corrected chi connectivity index (χ4v) is 1.87. The lowest BCUT2D eigenvalue weighted by molar-refractivity contribution is 0.0945. The molecule has 0 aliphatic carbocycles. The van der Waals surface area contributed by atoms with Crippen molar-refractivity contribution in [3.05, 3.63) is 53.3 Å². The Bertz CT molecular complexity index is 626. The Kier molecular flexibility index (Phi) is 4.20. The number of carbonyl (C=O) groups excluding carboxylic acids is 1. The summed E-state index contributed by atoms with van der Waals surface area (Å²) in [4.78, 5) is 16.2. The molecule has 0 radical (unpaired) electrons. The van der Waals surface area contributed by atoms with Crippen molar-refractivity contribution in [2.45, 2.75) is 13.5 Å². The molecule has 0 fully saturated rings. The zero-order valence-electron chi connectivity index (χ0n) is 11.5. The summed E-state index contributed by atoms with van der Waals surface area (Å²) < 4.78 is 5.23. The number of nitrogens with zero attached hydrogens (tertiary/aromatic N) is 1. The maximum Gasteiger partial charge on any atom is 0.270 e. The first-order valence-corrected chi connectivity index (χ1v) is 6.24. The number of pyridine rings is 1. The Hall–Kier alpha value is -2.56. The third-order valence-corrected chi connectivity index (χ3v) is 2.86. The number of ether oxygens (including phenoxy) is 1. The van der Waals surface area contributed by atoms with E-state index in [1.165, 1.54) is 0 Å². The molecule has 5 heteroatoms. The van der Waals surface area contributed by atoms with E-state index in [0.29, 0.717) is 23.7 Å². The van der Waals surface area contributed by atoms with Gasteiger partial charge in [0.1, 0.15) is 11.4 Å². The summed E-state index contributed by atoms with van der Waals surface area (Å²) in [6.45, 7) is 2.18. The molecule has 20 heavy (non-hydrogen) atoms. The van der Waals surface area contributed by atoms with Crippen LogP contribution in [0.1, 0.15) is 21.7 Å². The molecule has 0 saturated carbocycles. The summed E-state index contributed by atoms with van der Waals surface area (Å²) in [5, 5.41) is 2.81. The van der Waals surface area contributed by atoms with Crippen LogP contribution in [0, 0.1) is 6.92 Å². The van der Waals surface area contributed by atoms with E-state index in [4.69, 9.17) is 10.5 Å². The molecular weight excluding hydrogens is 254 g/mol. The average molecular weight is 271 g/mol. The van der Waals surface area contributed by atoms with E-state index in [2.05, 4.69) is 10.3 Å². The van der Waals surface area contributed by atoms with Gasteiger partial charge in [0.05, 0.1) is 7.11 Å². The van der Waals surface area contributed by atoms with Gasteiger partial charge in [-0.25, -0.2) is 4.98 Å². The first-order valence-electron chi connectivity index (χ1n) is 6.24. The summed E-state index contributed by atoms with van der Waals surface area (Å²) in [6.07, 6.45) is 0. The number of hydrogen-bond donors (Lipinski definition) is 2. The van der Waals surface area contributed by atoms with Crippen molar-refractivity contribution in [3.63, 3.8) is 0 Å². The minimum absolute atomic E-state index is 0.224. The molecule has 104 valence electrons. The third-order valence-electron chi connectivity index (χ3n) is 2.86. The van der Waals surface area contributed by atoms with Gasteiger partial charge >= 0.3 is 0 Å². The standard InChI is InChI=1S/C15H17N3O2/c1-10-4-3-5-13(18-10)15(19)17-9-11-8-12(16)6-7-14(11)20-2/h3-8H,9,16H2,1-2H3,(H,17,19). The highest BCUT2D eigenvalue weighted by Gasteiger charge is 2.09. The Morgan fingerprint density at radius 2 is 2.15 bits per heavy atom. The van der Waals surface area contributed by atoms with Crippen LogP contribution in [0.15, 0.2) is 36.4 Å². The largest absolute Gasteiger partial charge is 0.496 e. The fraction of sp³-hybridized carbons (Fsp3) is 0.200. The van der Waals surface area contributed by atoms with E-state index >= 15 is 0 Å². The normalized spacial score (nSPS) is 10.1. The number of nitrogens with two attached hydrogens (primary N) is 1. The van der Waals surface area contributed by atoms with Crippen LogP contribution in [0.4, 0.5) is 5.69 Å². The van der Waals surface area contributed by atoms with E-state index in [0.717, 1.165) is 11.3 Å². The third kappa shape index (κ3) is 3.26. The Labute approximate surface area is 117 Å². The number of rotatable bonds is 4.